The summed E-state index contributed by atoms with van der Waals surface area (Å²) >= 11 is 0. The van der Waals surface area contributed by atoms with Crippen molar-refractivity contribution in [3.63, 3.8) is 0 Å². The number of nitrogen functional groups attached to an aromatic ring is 1. The van der Waals surface area contributed by atoms with Gasteiger partial charge in [-0.1, -0.05) is 49.8 Å². The highest BCUT2D eigenvalue weighted by molar-refractivity contribution is 5.44. The summed E-state index contributed by atoms with van der Waals surface area (Å²) in [7, 11) is 0. The summed E-state index contributed by atoms with van der Waals surface area (Å²) in [4.78, 5) is 7.39. The second kappa shape index (κ2) is 17.0. The van der Waals surface area contributed by atoms with Crippen LogP contribution in [-0.4, -0.2) is 66.5 Å². The van der Waals surface area contributed by atoms with Crippen molar-refractivity contribution in [2.24, 2.45) is 17.8 Å². The second-order valence-electron chi connectivity index (χ2n) is 13.5. The molecule has 0 bridgehead atoms. The Labute approximate surface area is 283 Å². The van der Waals surface area contributed by atoms with Crippen LogP contribution >= 0.6 is 0 Å². The summed E-state index contributed by atoms with van der Waals surface area (Å²) in [6.45, 7) is 1.93. The first-order valence-corrected chi connectivity index (χ1v) is 17.4. The molecule has 0 spiro atoms. The summed E-state index contributed by atoms with van der Waals surface area (Å²) in [5, 5.41) is 54.5. The van der Waals surface area contributed by atoms with Gasteiger partial charge >= 0.3 is 0 Å². The van der Waals surface area contributed by atoms with E-state index >= 15 is 0 Å². The Morgan fingerprint density at radius 2 is 1.90 bits per heavy atom. The molecule has 9 atom stereocenters. The molecule has 9 nitrogen and oxygen atoms in total. The van der Waals surface area contributed by atoms with Crippen LogP contribution in [0.25, 0.3) is 0 Å². The van der Waals surface area contributed by atoms with Gasteiger partial charge in [-0.3, -0.25) is 0 Å². The molecule has 48 heavy (non-hydrogen) atoms. The average Bonchev–Trinajstić information content (AvgIpc) is 3.53. The summed E-state index contributed by atoms with van der Waals surface area (Å²) in [5.41, 5.74) is 8.81. The number of phenols is 1. The highest BCUT2D eigenvalue weighted by Crippen LogP contribution is 2.40. The number of nitrogens with two attached hydrogens (primary N) is 1. The van der Waals surface area contributed by atoms with Gasteiger partial charge in [0.05, 0.1) is 18.3 Å². The van der Waals surface area contributed by atoms with Gasteiger partial charge in [0, 0.05) is 54.8 Å². The normalized spacial score (nSPS) is 26.3. The third kappa shape index (κ3) is 9.20. The van der Waals surface area contributed by atoms with E-state index in [0.717, 1.165) is 42.5 Å². The van der Waals surface area contributed by atoms with Crippen molar-refractivity contribution in [1.82, 2.24) is 9.97 Å². The highest BCUT2D eigenvalue weighted by Gasteiger charge is 2.36. The van der Waals surface area contributed by atoms with E-state index in [1.807, 2.05) is 42.6 Å². The smallest absolute Gasteiger partial charge is 0.161 e. The van der Waals surface area contributed by atoms with Gasteiger partial charge in [-0.25, -0.2) is 4.98 Å². The van der Waals surface area contributed by atoms with Crippen LogP contribution < -0.4 is 10.5 Å². The maximum Gasteiger partial charge on any atom is 0.161 e. The molecule has 2 heterocycles. The van der Waals surface area contributed by atoms with Crippen molar-refractivity contribution in [3.8, 4) is 23.3 Å². The van der Waals surface area contributed by atoms with Crippen LogP contribution in [0, 0.1) is 29.6 Å². The van der Waals surface area contributed by atoms with Crippen LogP contribution in [0.1, 0.15) is 86.9 Å². The van der Waals surface area contributed by atoms with Crippen molar-refractivity contribution in [1.29, 1.82) is 0 Å². The Hall–Kier alpha value is -3.81. The van der Waals surface area contributed by atoms with Crippen LogP contribution in [-0.2, 0) is 6.42 Å². The lowest BCUT2D eigenvalue weighted by Crippen LogP contribution is -2.36. The zero-order valence-corrected chi connectivity index (χ0v) is 27.8. The fourth-order valence-corrected chi connectivity index (χ4v) is 7.25. The van der Waals surface area contributed by atoms with Crippen molar-refractivity contribution >= 4 is 5.82 Å². The Morgan fingerprint density at radius 1 is 1.06 bits per heavy atom. The first-order valence-electron chi connectivity index (χ1n) is 17.4. The molecule has 0 saturated carbocycles. The molecule has 0 fully saturated rings. The van der Waals surface area contributed by atoms with Crippen LogP contribution in [0.3, 0.4) is 0 Å². The van der Waals surface area contributed by atoms with Crippen molar-refractivity contribution in [2.45, 2.75) is 101 Å². The Bertz CT molecular complexity index is 1530. The predicted molar refractivity (Wildman–Crippen MR) is 186 cm³/mol. The molecule has 1 aromatic carbocycles. The highest BCUT2D eigenvalue weighted by atomic mass is 16.5. The maximum absolute atomic E-state index is 11.5. The number of benzene rings is 1. The van der Waals surface area contributed by atoms with Gasteiger partial charge in [-0.05, 0) is 92.0 Å². The molecule has 3 aromatic rings. The number of aliphatic hydroxyl groups is 4. The number of aromatic amines is 1. The standard InChI is InChI=1S/C39H51N3O6/c1-2-25-6-3-4-8-34(46)39-26(10-9-25)11-12-27(21-35(39)47)28-13-14-32(44)36(22-28)48-37(33(45)16-19-43)23-30(20-31-7-5-17-41-31)29-15-18-42-38(40)24-29/h5,7,11-15,17-18,22,24-27,30,33-35,37,39,41,43-47H,2-4,6,8,16,19-21,23H2,1H3,(H2,40,42)/t25-,26+,27-,30-,33+,34-,35+,37+,39+/m0/s1. The number of phenolic OH excluding ortho intramolecular Hbond substituents is 1. The number of pyridine rings is 1. The number of hydrogen-bond donors (Lipinski definition) is 7. The van der Waals surface area contributed by atoms with E-state index in [9.17, 15) is 25.5 Å². The molecular formula is C39H51N3O6. The molecule has 0 aliphatic heterocycles. The Kier molecular flexibility index (Phi) is 12.6. The molecule has 258 valence electrons. The number of aliphatic hydroxyl groups excluding tert-OH is 4. The number of anilines is 1. The number of ether oxygens (including phenoxy) is 1. The Balaban J connectivity index is 1.42. The van der Waals surface area contributed by atoms with Crippen LogP contribution in [0.2, 0.25) is 0 Å². The number of aromatic nitrogens is 2. The number of H-pyrrole nitrogens is 1. The summed E-state index contributed by atoms with van der Waals surface area (Å²) in [6, 6.07) is 12.8. The SMILES string of the molecule is CC[C@@H]1C#C[C@@H]2C=C[C@H](c3ccc(O)c(O[C@H](C[C@H](Cc4ccc[nH]4)c4ccnc(N)c4)[C@H](O)CCO)c3)C[C@@H](O)[C@H]2[C@@H](O)CCCC1. The minimum atomic E-state index is -1.01. The van der Waals surface area contributed by atoms with E-state index in [1.165, 1.54) is 0 Å². The van der Waals surface area contributed by atoms with Gasteiger partial charge in [0.15, 0.2) is 11.5 Å². The molecule has 0 unspecified atom stereocenters. The lowest BCUT2D eigenvalue weighted by atomic mass is 9.79. The van der Waals surface area contributed by atoms with Gasteiger partial charge in [0.25, 0.3) is 0 Å². The van der Waals surface area contributed by atoms with Gasteiger partial charge in [0.1, 0.15) is 11.9 Å². The minimum absolute atomic E-state index is 0.0757. The molecule has 2 aliphatic rings. The molecular weight excluding hydrogens is 606 g/mol. The third-order valence-electron chi connectivity index (χ3n) is 10.1. The topological polar surface area (TPSA) is 165 Å². The molecule has 9 heteroatoms. The lowest BCUT2D eigenvalue weighted by Gasteiger charge is -2.31. The third-order valence-corrected chi connectivity index (χ3v) is 10.1. The molecule has 0 radical (unpaired) electrons. The van der Waals surface area contributed by atoms with Crippen molar-refractivity contribution in [3.05, 3.63) is 83.8 Å². The van der Waals surface area contributed by atoms with Gasteiger partial charge in [-0.15, -0.1) is 0 Å². The molecule has 0 saturated heterocycles. The summed E-state index contributed by atoms with van der Waals surface area (Å²) in [5.74, 6) is 6.68. The molecule has 5 rings (SSSR count). The van der Waals surface area contributed by atoms with Gasteiger partial charge in [0.2, 0.25) is 0 Å². The zero-order valence-electron chi connectivity index (χ0n) is 27.8. The monoisotopic (exact) mass is 657 g/mol. The number of aromatic hydroxyl groups is 1. The predicted octanol–water partition coefficient (Wildman–Crippen LogP) is 5.21. The van der Waals surface area contributed by atoms with E-state index in [0.29, 0.717) is 37.4 Å². The van der Waals surface area contributed by atoms with Crippen LogP contribution in [0.5, 0.6) is 11.5 Å². The number of nitrogens with zero attached hydrogens (tertiary/aromatic N) is 1. The van der Waals surface area contributed by atoms with E-state index in [2.05, 4.69) is 34.8 Å². The van der Waals surface area contributed by atoms with Gasteiger partial charge < -0.3 is 41.0 Å². The first-order chi connectivity index (χ1) is 23.2. The lowest BCUT2D eigenvalue weighted by molar-refractivity contribution is -0.00707. The van der Waals surface area contributed by atoms with E-state index in [1.54, 1.807) is 18.3 Å². The minimum Gasteiger partial charge on any atom is -0.504 e. The van der Waals surface area contributed by atoms with Crippen LogP contribution in [0.4, 0.5) is 5.82 Å². The molecule has 2 aromatic heterocycles. The zero-order chi connectivity index (χ0) is 34.0. The molecule has 0 amide bonds. The number of hydrogen-bond acceptors (Lipinski definition) is 8. The van der Waals surface area contributed by atoms with Crippen molar-refractivity contribution < 1.29 is 30.3 Å². The summed E-state index contributed by atoms with van der Waals surface area (Å²) in [6.07, 6.45) is 10.4. The number of allylic oxidation sites excluding steroid dienone is 2. The van der Waals surface area contributed by atoms with E-state index in [-0.39, 0.29) is 48.2 Å². The van der Waals surface area contributed by atoms with Crippen molar-refractivity contribution in [2.75, 3.05) is 12.3 Å². The largest absolute Gasteiger partial charge is 0.504 e. The Morgan fingerprint density at radius 3 is 2.65 bits per heavy atom. The average molecular weight is 658 g/mol. The first kappa shape index (κ1) is 35.5. The fraction of sp³-hybridized carbons (Fsp3) is 0.513. The fourth-order valence-electron chi connectivity index (χ4n) is 7.25. The quantitative estimate of drug-likeness (QED) is 0.103. The molecule has 2 aliphatic carbocycles. The van der Waals surface area contributed by atoms with E-state index in [4.69, 9.17) is 10.5 Å². The van der Waals surface area contributed by atoms with E-state index < -0.39 is 24.4 Å². The maximum atomic E-state index is 11.5. The molecule has 8 N–H and O–H groups in total. The number of rotatable bonds is 12. The number of fused-ring (bicyclic) bond motifs is 1. The second-order valence-corrected chi connectivity index (χ2v) is 13.5. The van der Waals surface area contributed by atoms with Crippen LogP contribution in [0.15, 0.2) is 67.0 Å². The number of nitrogens with one attached hydrogen (secondary N) is 1. The summed E-state index contributed by atoms with van der Waals surface area (Å²) < 4.78 is 6.43. The van der Waals surface area contributed by atoms with Gasteiger partial charge in [-0.2, -0.15) is 0 Å².